The Morgan fingerprint density at radius 1 is 1.06 bits per heavy atom. The second kappa shape index (κ2) is 9.97. The molecular weight excluding hydrogens is 425 g/mol. The highest BCUT2D eigenvalue weighted by Crippen LogP contribution is 2.29. The summed E-state index contributed by atoms with van der Waals surface area (Å²) < 4.78 is 51.9. The summed E-state index contributed by atoms with van der Waals surface area (Å²) in [5.74, 6) is -0.136. The van der Waals surface area contributed by atoms with E-state index in [0.29, 0.717) is 17.1 Å². The van der Waals surface area contributed by atoms with Crippen LogP contribution >= 0.6 is 0 Å². The topological polar surface area (TPSA) is 97.0 Å². The largest absolute Gasteiger partial charge is 0.493 e. The fraction of sp³-hybridized carbons (Fsp3) is 0.381. The van der Waals surface area contributed by atoms with E-state index in [0.717, 1.165) is 25.9 Å². The third kappa shape index (κ3) is 5.65. The molecule has 0 bridgehead atoms. The van der Waals surface area contributed by atoms with Crippen molar-refractivity contribution in [1.82, 2.24) is 4.72 Å². The number of hydrogen-bond donors (Lipinski definition) is 2. The molecule has 0 atom stereocenters. The Hall–Kier alpha value is -2.85. The van der Waals surface area contributed by atoms with Crippen LogP contribution in [-0.4, -0.2) is 48.2 Å². The molecule has 0 spiro atoms. The molecule has 2 N–H and O–H groups in total. The van der Waals surface area contributed by atoms with Gasteiger partial charge in [-0.15, -0.1) is 0 Å². The van der Waals surface area contributed by atoms with Crippen molar-refractivity contribution in [3.63, 3.8) is 0 Å². The van der Waals surface area contributed by atoms with E-state index in [2.05, 4.69) is 10.0 Å². The van der Waals surface area contributed by atoms with E-state index in [1.165, 1.54) is 38.5 Å². The Morgan fingerprint density at radius 3 is 2.42 bits per heavy atom. The number of anilines is 2. The standard InChI is InChI=1S/C21H26FN3O5S/c1-29-19-8-6-16(14-20(19)30-2)31(27,28)23-10-9-21(26)24-15-5-7-18(17(22)13-15)25-11-3-4-12-25/h5-8,13-14,23H,3-4,9-12H2,1-2H3,(H,24,26). The van der Waals surface area contributed by atoms with Crippen LogP contribution in [0.3, 0.4) is 0 Å². The number of benzene rings is 2. The number of hydrogen-bond acceptors (Lipinski definition) is 6. The van der Waals surface area contributed by atoms with Gasteiger partial charge in [-0.1, -0.05) is 0 Å². The predicted molar refractivity (Wildman–Crippen MR) is 116 cm³/mol. The SMILES string of the molecule is COc1ccc(S(=O)(=O)NCCC(=O)Nc2ccc(N3CCCC3)c(F)c2)cc1OC. The number of amides is 1. The van der Waals surface area contributed by atoms with Gasteiger partial charge in [-0.2, -0.15) is 0 Å². The van der Waals surface area contributed by atoms with Gasteiger partial charge in [0.25, 0.3) is 0 Å². The van der Waals surface area contributed by atoms with E-state index in [1.54, 1.807) is 12.1 Å². The van der Waals surface area contributed by atoms with Crippen LogP contribution in [0.1, 0.15) is 19.3 Å². The Bertz CT molecular complexity index is 1040. The molecule has 0 saturated carbocycles. The molecule has 2 aromatic rings. The first-order valence-electron chi connectivity index (χ1n) is 9.90. The van der Waals surface area contributed by atoms with Gasteiger partial charge in [-0.3, -0.25) is 4.79 Å². The van der Waals surface area contributed by atoms with Crippen LogP contribution in [0.15, 0.2) is 41.3 Å². The third-order valence-corrected chi connectivity index (χ3v) is 6.45. The van der Waals surface area contributed by atoms with Crippen LogP contribution in [0.25, 0.3) is 0 Å². The zero-order chi connectivity index (χ0) is 22.4. The number of halogens is 1. The predicted octanol–water partition coefficient (Wildman–Crippen LogP) is 2.75. The van der Waals surface area contributed by atoms with E-state index in [4.69, 9.17) is 9.47 Å². The summed E-state index contributed by atoms with van der Waals surface area (Å²) >= 11 is 0. The molecule has 0 radical (unpaired) electrons. The summed E-state index contributed by atoms with van der Waals surface area (Å²) in [4.78, 5) is 14.1. The lowest BCUT2D eigenvalue weighted by Crippen LogP contribution is -2.28. The van der Waals surface area contributed by atoms with Crippen molar-refractivity contribution >= 4 is 27.3 Å². The molecule has 0 aromatic heterocycles. The highest BCUT2D eigenvalue weighted by molar-refractivity contribution is 7.89. The number of nitrogens with zero attached hydrogens (tertiary/aromatic N) is 1. The Morgan fingerprint density at radius 2 is 1.77 bits per heavy atom. The average molecular weight is 452 g/mol. The lowest BCUT2D eigenvalue weighted by Gasteiger charge is -2.18. The lowest BCUT2D eigenvalue weighted by atomic mass is 10.2. The van der Waals surface area contributed by atoms with E-state index in [-0.39, 0.29) is 23.6 Å². The molecule has 1 heterocycles. The highest BCUT2D eigenvalue weighted by atomic mass is 32.2. The number of sulfonamides is 1. The number of carbonyl (C=O) groups excluding carboxylic acids is 1. The molecule has 10 heteroatoms. The second-order valence-corrected chi connectivity index (χ2v) is 8.84. The smallest absolute Gasteiger partial charge is 0.240 e. The molecule has 0 unspecified atom stereocenters. The zero-order valence-corrected chi connectivity index (χ0v) is 18.3. The lowest BCUT2D eigenvalue weighted by molar-refractivity contribution is -0.116. The summed E-state index contributed by atoms with van der Waals surface area (Å²) in [6.07, 6.45) is 1.97. The van der Waals surface area contributed by atoms with Crippen molar-refractivity contribution in [2.45, 2.75) is 24.2 Å². The summed E-state index contributed by atoms with van der Waals surface area (Å²) in [6.45, 7) is 1.53. The molecule has 1 aliphatic heterocycles. The third-order valence-electron chi connectivity index (χ3n) is 4.99. The molecule has 31 heavy (non-hydrogen) atoms. The van der Waals surface area contributed by atoms with E-state index < -0.39 is 21.7 Å². The minimum atomic E-state index is -3.84. The molecule has 2 aromatic carbocycles. The maximum atomic E-state index is 14.4. The van der Waals surface area contributed by atoms with Gasteiger partial charge in [0.2, 0.25) is 15.9 Å². The fourth-order valence-corrected chi connectivity index (χ4v) is 4.44. The molecule has 1 aliphatic rings. The molecule has 1 saturated heterocycles. The average Bonchev–Trinajstić information content (AvgIpc) is 3.27. The number of nitrogens with one attached hydrogen (secondary N) is 2. The van der Waals surface area contributed by atoms with Crippen LogP contribution < -0.4 is 24.4 Å². The van der Waals surface area contributed by atoms with Gasteiger partial charge >= 0.3 is 0 Å². The number of ether oxygens (including phenoxy) is 2. The van der Waals surface area contributed by atoms with Crippen molar-refractivity contribution in [3.8, 4) is 11.5 Å². The molecule has 1 amide bonds. The minimum Gasteiger partial charge on any atom is -0.493 e. The van der Waals surface area contributed by atoms with Gasteiger partial charge < -0.3 is 19.7 Å². The summed E-state index contributed by atoms with van der Waals surface area (Å²) in [5, 5.41) is 2.59. The maximum Gasteiger partial charge on any atom is 0.240 e. The van der Waals surface area contributed by atoms with Gasteiger partial charge in [0, 0.05) is 37.8 Å². The normalized spacial score (nSPS) is 13.8. The van der Waals surface area contributed by atoms with Crippen LogP contribution in [0, 0.1) is 5.82 Å². The van der Waals surface area contributed by atoms with Crippen molar-refractivity contribution < 1.29 is 27.1 Å². The molecular formula is C21H26FN3O5S. The number of carbonyl (C=O) groups is 1. The monoisotopic (exact) mass is 451 g/mol. The maximum absolute atomic E-state index is 14.4. The summed E-state index contributed by atoms with van der Waals surface area (Å²) in [6, 6.07) is 8.78. The van der Waals surface area contributed by atoms with Gasteiger partial charge in [-0.05, 0) is 43.2 Å². The van der Waals surface area contributed by atoms with Crippen LogP contribution in [0.2, 0.25) is 0 Å². The number of methoxy groups -OCH3 is 2. The van der Waals surface area contributed by atoms with Gasteiger partial charge in [0.05, 0.1) is 24.8 Å². The van der Waals surface area contributed by atoms with Crippen molar-refractivity contribution in [2.24, 2.45) is 0 Å². The van der Waals surface area contributed by atoms with Crippen molar-refractivity contribution in [2.75, 3.05) is 44.1 Å². The van der Waals surface area contributed by atoms with Gasteiger partial charge in [0.1, 0.15) is 5.82 Å². The first-order valence-corrected chi connectivity index (χ1v) is 11.4. The van der Waals surface area contributed by atoms with E-state index >= 15 is 0 Å². The Kier molecular flexibility index (Phi) is 7.34. The Balaban J connectivity index is 1.54. The quantitative estimate of drug-likeness (QED) is 0.609. The van der Waals surface area contributed by atoms with Crippen LogP contribution in [0.4, 0.5) is 15.8 Å². The zero-order valence-electron chi connectivity index (χ0n) is 17.5. The van der Waals surface area contributed by atoms with E-state index in [9.17, 15) is 17.6 Å². The molecule has 3 rings (SSSR count). The van der Waals surface area contributed by atoms with Crippen molar-refractivity contribution in [3.05, 3.63) is 42.2 Å². The highest BCUT2D eigenvalue weighted by Gasteiger charge is 2.18. The minimum absolute atomic E-state index is 0.00914. The summed E-state index contributed by atoms with van der Waals surface area (Å²) in [7, 11) is -0.977. The second-order valence-electron chi connectivity index (χ2n) is 7.07. The number of rotatable bonds is 9. The molecule has 168 valence electrons. The molecule has 0 aliphatic carbocycles. The van der Waals surface area contributed by atoms with Crippen molar-refractivity contribution in [1.29, 1.82) is 0 Å². The van der Waals surface area contributed by atoms with Gasteiger partial charge in [0.15, 0.2) is 11.5 Å². The Labute approximate surface area is 181 Å². The van der Waals surface area contributed by atoms with Gasteiger partial charge in [-0.25, -0.2) is 17.5 Å². The van der Waals surface area contributed by atoms with E-state index in [1.807, 2.05) is 4.90 Å². The first kappa shape index (κ1) is 22.8. The van der Waals surface area contributed by atoms with Crippen LogP contribution in [0.5, 0.6) is 11.5 Å². The summed E-state index contributed by atoms with van der Waals surface area (Å²) in [5.41, 5.74) is 0.853. The van der Waals surface area contributed by atoms with Crippen LogP contribution in [-0.2, 0) is 14.8 Å². The first-order chi connectivity index (χ1) is 14.8. The molecule has 1 fully saturated rings. The fourth-order valence-electron chi connectivity index (χ4n) is 3.39. The molecule has 8 nitrogen and oxygen atoms in total.